The largest absolute Gasteiger partial charge is 0.401 e. The van der Waals surface area contributed by atoms with Gasteiger partial charge in [0.25, 0.3) is 0 Å². The van der Waals surface area contributed by atoms with Gasteiger partial charge in [0.2, 0.25) is 11.4 Å². The Kier molecular flexibility index (Phi) is 3.42. The molecular formula is C15H14N2OS. The van der Waals surface area contributed by atoms with Gasteiger partial charge in [-0.1, -0.05) is 36.4 Å². The molecule has 0 spiro atoms. The van der Waals surface area contributed by atoms with Crippen molar-refractivity contribution in [2.75, 3.05) is 11.9 Å². The second-order valence-corrected chi connectivity index (χ2v) is 5.03. The fraction of sp³-hybridized carbons (Fsp3) is 0.133. The van der Waals surface area contributed by atoms with Crippen molar-refractivity contribution in [3.8, 4) is 0 Å². The van der Waals surface area contributed by atoms with Gasteiger partial charge in [0.05, 0.1) is 0 Å². The van der Waals surface area contributed by atoms with Crippen LogP contribution < -0.4 is 4.90 Å². The standard InChI is InChI=1S/C15H14N2OS/c1-17(13-10-6-3-7-11-13)15-16-14(18-19-15)12-8-4-2-5-9-12/h2-11,15H,1H3. The maximum atomic E-state index is 5.62. The van der Waals surface area contributed by atoms with Gasteiger partial charge in [0.15, 0.2) is 0 Å². The first-order valence-corrected chi connectivity index (χ1v) is 6.89. The Bertz CT molecular complexity index is 571. The predicted octanol–water partition coefficient (Wildman–Crippen LogP) is 3.53. The van der Waals surface area contributed by atoms with E-state index in [-0.39, 0.29) is 5.50 Å². The molecule has 19 heavy (non-hydrogen) atoms. The first kappa shape index (κ1) is 12.1. The molecule has 1 aliphatic heterocycles. The van der Waals surface area contributed by atoms with E-state index in [0.29, 0.717) is 5.90 Å². The summed E-state index contributed by atoms with van der Waals surface area (Å²) in [6.07, 6.45) is 0. The highest BCUT2D eigenvalue weighted by molar-refractivity contribution is 7.96. The Labute approximate surface area is 117 Å². The summed E-state index contributed by atoms with van der Waals surface area (Å²) in [5.41, 5.74) is 2.10. The molecule has 0 bridgehead atoms. The third-order valence-electron chi connectivity index (χ3n) is 2.96. The summed E-state index contributed by atoms with van der Waals surface area (Å²) >= 11 is 1.37. The number of anilines is 1. The van der Waals surface area contributed by atoms with E-state index in [9.17, 15) is 0 Å². The molecular weight excluding hydrogens is 256 g/mol. The molecule has 0 amide bonds. The number of para-hydroxylation sites is 1. The van der Waals surface area contributed by atoms with Crippen LogP contribution in [0, 0.1) is 0 Å². The molecule has 1 atom stereocenters. The first-order chi connectivity index (χ1) is 9.34. The van der Waals surface area contributed by atoms with Gasteiger partial charge in [-0.2, -0.15) is 0 Å². The van der Waals surface area contributed by atoms with Crippen molar-refractivity contribution in [2.24, 2.45) is 4.99 Å². The second kappa shape index (κ2) is 5.36. The molecule has 96 valence electrons. The van der Waals surface area contributed by atoms with Crippen LogP contribution in [0.3, 0.4) is 0 Å². The van der Waals surface area contributed by atoms with Crippen molar-refractivity contribution in [1.82, 2.24) is 0 Å². The monoisotopic (exact) mass is 270 g/mol. The van der Waals surface area contributed by atoms with Gasteiger partial charge in [-0.05, 0) is 24.3 Å². The zero-order chi connectivity index (χ0) is 13.1. The van der Waals surface area contributed by atoms with E-state index in [4.69, 9.17) is 4.18 Å². The Hall–Kier alpha value is -1.94. The van der Waals surface area contributed by atoms with Crippen molar-refractivity contribution in [3.05, 3.63) is 66.2 Å². The number of hydrogen-bond acceptors (Lipinski definition) is 4. The number of hydrogen-bond donors (Lipinski definition) is 0. The number of rotatable bonds is 3. The van der Waals surface area contributed by atoms with E-state index in [0.717, 1.165) is 11.3 Å². The molecule has 0 saturated carbocycles. The molecule has 1 unspecified atom stereocenters. The lowest BCUT2D eigenvalue weighted by Crippen LogP contribution is -2.25. The van der Waals surface area contributed by atoms with Crippen molar-refractivity contribution in [3.63, 3.8) is 0 Å². The molecule has 0 saturated heterocycles. The first-order valence-electron chi connectivity index (χ1n) is 6.09. The molecule has 0 aromatic heterocycles. The molecule has 1 aliphatic rings. The van der Waals surface area contributed by atoms with Gasteiger partial charge in [-0.15, -0.1) is 0 Å². The molecule has 3 rings (SSSR count). The highest BCUT2D eigenvalue weighted by atomic mass is 32.2. The minimum atomic E-state index is -0.0439. The van der Waals surface area contributed by atoms with Gasteiger partial charge >= 0.3 is 0 Å². The summed E-state index contributed by atoms with van der Waals surface area (Å²) in [6, 6.07) is 20.2. The Morgan fingerprint density at radius 2 is 1.63 bits per heavy atom. The topological polar surface area (TPSA) is 24.8 Å². The van der Waals surface area contributed by atoms with Crippen molar-refractivity contribution < 1.29 is 4.18 Å². The van der Waals surface area contributed by atoms with Crippen LogP contribution in [-0.2, 0) is 4.18 Å². The highest BCUT2D eigenvalue weighted by Crippen LogP contribution is 2.30. The average molecular weight is 270 g/mol. The minimum Gasteiger partial charge on any atom is -0.401 e. The van der Waals surface area contributed by atoms with Crippen molar-refractivity contribution in [1.29, 1.82) is 0 Å². The van der Waals surface area contributed by atoms with Crippen LogP contribution in [-0.4, -0.2) is 18.4 Å². The van der Waals surface area contributed by atoms with Crippen LogP contribution in [0.15, 0.2) is 65.7 Å². The number of aliphatic imine (C=N–C) groups is 1. The van der Waals surface area contributed by atoms with Crippen LogP contribution in [0.2, 0.25) is 0 Å². The average Bonchev–Trinajstić information content (AvgIpc) is 2.98. The maximum Gasteiger partial charge on any atom is 0.233 e. The van der Waals surface area contributed by atoms with E-state index in [2.05, 4.69) is 22.0 Å². The van der Waals surface area contributed by atoms with Crippen LogP contribution >= 0.6 is 12.0 Å². The molecule has 0 N–H and O–H groups in total. The van der Waals surface area contributed by atoms with E-state index in [1.54, 1.807) is 0 Å². The van der Waals surface area contributed by atoms with Crippen LogP contribution in [0.25, 0.3) is 0 Å². The summed E-state index contributed by atoms with van der Waals surface area (Å²) in [6.45, 7) is 0. The lowest BCUT2D eigenvalue weighted by Gasteiger charge is -2.21. The van der Waals surface area contributed by atoms with E-state index in [1.807, 2.05) is 55.6 Å². The lowest BCUT2D eigenvalue weighted by atomic mass is 10.2. The third kappa shape index (κ3) is 2.58. The minimum absolute atomic E-state index is 0.0439. The molecule has 2 aromatic rings. The fourth-order valence-corrected chi connectivity index (χ4v) is 2.58. The molecule has 3 nitrogen and oxygen atoms in total. The Balaban J connectivity index is 1.80. The molecule has 2 aromatic carbocycles. The van der Waals surface area contributed by atoms with Crippen LogP contribution in [0.5, 0.6) is 0 Å². The van der Waals surface area contributed by atoms with Crippen LogP contribution in [0.1, 0.15) is 5.56 Å². The smallest absolute Gasteiger partial charge is 0.233 e. The van der Waals surface area contributed by atoms with E-state index >= 15 is 0 Å². The summed E-state index contributed by atoms with van der Waals surface area (Å²) < 4.78 is 5.62. The normalized spacial score (nSPS) is 17.7. The Morgan fingerprint density at radius 1 is 1.00 bits per heavy atom. The van der Waals surface area contributed by atoms with Gasteiger partial charge in [-0.3, -0.25) is 0 Å². The van der Waals surface area contributed by atoms with Crippen molar-refractivity contribution in [2.45, 2.75) is 5.50 Å². The molecule has 1 heterocycles. The van der Waals surface area contributed by atoms with Gasteiger partial charge in [-0.25, -0.2) is 4.99 Å². The third-order valence-corrected chi connectivity index (χ3v) is 3.80. The van der Waals surface area contributed by atoms with Crippen LogP contribution in [0.4, 0.5) is 5.69 Å². The molecule has 0 radical (unpaired) electrons. The Morgan fingerprint density at radius 3 is 2.32 bits per heavy atom. The summed E-state index contributed by atoms with van der Waals surface area (Å²) in [5, 5.41) is 0. The second-order valence-electron chi connectivity index (χ2n) is 4.25. The number of nitrogens with zero attached hydrogens (tertiary/aromatic N) is 2. The lowest BCUT2D eigenvalue weighted by molar-refractivity contribution is 0.663. The molecule has 0 aliphatic carbocycles. The van der Waals surface area contributed by atoms with Gasteiger partial charge in [0, 0.05) is 18.3 Å². The fourth-order valence-electron chi connectivity index (χ4n) is 1.88. The summed E-state index contributed by atoms with van der Waals surface area (Å²) in [7, 11) is 2.02. The van der Waals surface area contributed by atoms with Gasteiger partial charge in [0.1, 0.15) is 12.0 Å². The van der Waals surface area contributed by atoms with E-state index in [1.165, 1.54) is 12.0 Å². The number of benzene rings is 2. The summed E-state index contributed by atoms with van der Waals surface area (Å²) in [5.74, 6) is 0.693. The SMILES string of the molecule is CN(c1ccccc1)C1N=C(c2ccccc2)OS1. The quantitative estimate of drug-likeness (QED) is 0.798. The summed E-state index contributed by atoms with van der Waals surface area (Å²) in [4.78, 5) is 6.72. The van der Waals surface area contributed by atoms with Crippen molar-refractivity contribution >= 4 is 23.6 Å². The highest BCUT2D eigenvalue weighted by Gasteiger charge is 2.25. The zero-order valence-corrected chi connectivity index (χ0v) is 11.4. The predicted molar refractivity (Wildman–Crippen MR) is 80.3 cm³/mol. The van der Waals surface area contributed by atoms with E-state index < -0.39 is 0 Å². The molecule has 4 heteroatoms. The zero-order valence-electron chi connectivity index (χ0n) is 10.6. The van der Waals surface area contributed by atoms with Gasteiger partial charge < -0.3 is 9.08 Å². The molecule has 0 fully saturated rings. The maximum absolute atomic E-state index is 5.62.